The molecule has 0 radical (unpaired) electrons. The van der Waals surface area contributed by atoms with Gasteiger partial charge in [0, 0.05) is 29.2 Å². The fraction of sp³-hybridized carbons (Fsp3) is 0.200. The van der Waals surface area contributed by atoms with Crippen molar-refractivity contribution >= 4 is 51.8 Å². The number of hydrogen-bond acceptors (Lipinski definition) is 4. The molecular weight excluding hydrogens is 400 g/mol. The van der Waals surface area contributed by atoms with Crippen LogP contribution in [0.1, 0.15) is 36.0 Å². The molecule has 4 rings (SSSR count). The van der Waals surface area contributed by atoms with Crippen molar-refractivity contribution in [2.45, 2.75) is 19.9 Å². The van der Waals surface area contributed by atoms with Crippen LogP contribution in [-0.2, 0) is 13.0 Å². The van der Waals surface area contributed by atoms with Gasteiger partial charge < -0.3 is 10.2 Å². The van der Waals surface area contributed by atoms with Crippen molar-refractivity contribution in [1.29, 1.82) is 0 Å². The first-order chi connectivity index (χ1) is 13.0. The number of carbonyl (C=O) groups is 2. The van der Waals surface area contributed by atoms with Crippen molar-refractivity contribution in [2.24, 2.45) is 0 Å². The van der Waals surface area contributed by atoms with Crippen LogP contribution < -0.4 is 5.32 Å². The third-order valence-electron chi connectivity index (χ3n) is 4.70. The van der Waals surface area contributed by atoms with Crippen LogP contribution in [0.25, 0.3) is 0 Å². The number of amides is 2. The first-order valence-corrected chi connectivity index (χ1v) is 10.6. The summed E-state index contributed by atoms with van der Waals surface area (Å²) in [6.45, 7) is 3.22. The zero-order valence-electron chi connectivity index (χ0n) is 14.6. The van der Waals surface area contributed by atoms with E-state index in [0.717, 1.165) is 18.5 Å². The largest absolute Gasteiger partial charge is 0.334 e. The maximum Gasteiger partial charge on any atom is 0.265 e. The van der Waals surface area contributed by atoms with Gasteiger partial charge in [-0.25, -0.2) is 0 Å². The highest BCUT2D eigenvalue weighted by Gasteiger charge is 2.24. The highest BCUT2D eigenvalue weighted by molar-refractivity contribution is 7.18. The van der Waals surface area contributed by atoms with Crippen LogP contribution in [-0.4, -0.2) is 23.3 Å². The molecule has 0 unspecified atom stereocenters. The van der Waals surface area contributed by atoms with Crippen LogP contribution in [0.15, 0.2) is 41.8 Å². The van der Waals surface area contributed by atoms with Gasteiger partial charge in [-0.15, -0.1) is 22.7 Å². The zero-order valence-corrected chi connectivity index (χ0v) is 17.0. The molecule has 0 aliphatic carbocycles. The van der Waals surface area contributed by atoms with Gasteiger partial charge in [-0.05, 0) is 60.2 Å². The van der Waals surface area contributed by atoms with Crippen molar-refractivity contribution in [2.75, 3.05) is 11.9 Å². The number of hydrogen-bond donors (Lipinski definition) is 1. The molecular formula is C20H17ClN2O2S2. The maximum atomic E-state index is 13.1. The van der Waals surface area contributed by atoms with E-state index >= 15 is 0 Å². The summed E-state index contributed by atoms with van der Waals surface area (Å²) in [5.74, 6) is -0.222. The Morgan fingerprint density at radius 2 is 2.04 bits per heavy atom. The van der Waals surface area contributed by atoms with E-state index in [1.165, 1.54) is 21.8 Å². The van der Waals surface area contributed by atoms with Crippen molar-refractivity contribution in [3.63, 3.8) is 0 Å². The van der Waals surface area contributed by atoms with E-state index in [4.69, 9.17) is 11.6 Å². The summed E-state index contributed by atoms with van der Waals surface area (Å²) in [6.07, 6.45) is 0.896. The van der Waals surface area contributed by atoms with Gasteiger partial charge in [-0.2, -0.15) is 0 Å². The lowest BCUT2D eigenvalue weighted by atomic mass is 10.0. The third-order valence-corrected chi connectivity index (χ3v) is 6.96. The Morgan fingerprint density at radius 1 is 1.19 bits per heavy atom. The number of fused-ring (bicyclic) bond motifs is 1. The molecule has 3 heterocycles. The molecule has 1 aliphatic rings. The van der Waals surface area contributed by atoms with E-state index in [1.54, 1.807) is 29.5 Å². The number of nitrogens with one attached hydrogen (secondary N) is 1. The molecule has 1 N–H and O–H groups in total. The minimum atomic E-state index is -0.222. The number of benzene rings is 1. The highest BCUT2D eigenvalue weighted by atomic mass is 35.5. The molecule has 0 saturated heterocycles. The molecule has 1 aromatic carbocycles. The Balaban J connectivity index is 1.55. The molecule has 0 saturated carbocycles. The smallest absolute Gasteiger partial charge is 0.265 e. The van der Waals surface area contributed by atoms with E-state index in [0.29, 0.717) is 27.0 Å². The Hall–Kier alpha value is -2.15. The fourth-order valence-electron chi connectivity index (χ4n) is 3.22. The molecule has 7 heteroatoms. The number of rotatable bonds is 3. The van der Waals surface area contributed by atoms with E-state index in [2.05, 4.69) is 16.8 Å². The predicted molar refractivity (Wildman–Crippen MR) is 111 cm³/mol. The van der Waals surface area contributed by atoms with Gasteiger partial charge in [0.2, 0.25) is 0 Å². The van der Waals surface area contributed by atoms with Crippen LogP contribution in [0.4, 0.5) is 5.69 Å². The van der Waals surface area contributed by atoms with E-state index in [1.807, 2.05) is 24.0 Å². The number of anilines is 1. The monoisotopic (exact) mass is 416 g/mol. The van der Waals surface area contributed by atoms with Crippen LogP contribution >= 0.6 is 34.3 Å². The second-order valence-corrected chi connectivity index (χ2v) is 9.10. The van der Waals surface area contributed by atoms with E-state index in [9.17, 15) is 9.59 Å². The summed E-state index contributed by atoms with van der Waals surface area (Å²) < 4.78 is 0.568. The summed E-state index contributed by atoms with van der Waals surface area (Å²) >= 11 is 8.89. The first-order valence-electron chi connectivity index (χ1n) is 8.54. The van der Waals surface area contributed by atoms with Crippen molar-refractivity contribution in [1.82, 2.24) is 4.90 Å². The summed E-state index contributed by atoms with van der Waals surface area (Å²) in [7, 11) is 0. The lowest BCUT2D eigenvalue weighted by molar-refractivity contribution is 0.0735. The number of carbonyl (C=O) groups excluding carboxylic acids is 2. The number of halogens is 1. The van der Waals surface area contributed by atoms with Crippen LogP contribution in [0, 0.1) is 6.92 Å². The quantitative estimate of drug-likeness (QED) is 0.636. The number of nitrogens with zero attached hydrogens (tertiary/aromatic N) is 1. The molecule has 2 amide bonds. The minimum absolute atomic E-state index is 0.000355. The summed E-state index contributed by atoms with van der Waals surface area (Å²) in [5.41, 5.74) is 3.27. The molecule has 1 aliphatic heterocycles. The molecule has 2 aromatic heterocycles. The van der Waals surface area contributed by atoms with E-state index < -0.39 is 0 Å². The SMILES string of the molecule is Cc1c(NC(=O)c2ccc(Cl)s2)cccc1C(=O)N1CCc2sccc2C1. The average Bonchev–Trinajstić information content (AvgIpc) is 3.31. The Labute approximate surface area is 170 Å². The van der Waals surface area contributed by atoms with Crippen molar-refractivity contribution in [3.05, 3.63) is 72.6 Å². The topological polar surface area (TPSA) is 49.4 Å². The lowest BCUT2D eigenvalue weighted by Crippen LogP contribution is -2.35. The summed E-state index contributed by atoms with van der Waals surface area (Å²) in [6, 6.07) is 10.9. The van der Waals surface area contributed by atoms with Gasteiger partial charge in [0.15, 0.2) is 0 Å². The van der Waals surface area contributed by atoms with Gasteiger partial charge in [0.25, 0.3) is 11.8 Å². The second kappa shape index (κ2) is 7.46. The normalized spacial score (nSPS) is 13.3. The fourth-order valence-corrected chi connectivity index (χ4v) is 5.04. The Bertz CT molecular complexity index is 1020. The van der Waals surface area contributed by atoms with E-state index in [-0.39, 0.29) is 11.8 Å². The first kappa shape index (κ1) is 18.2. The van der Waals surface area contributed by atoms with Gasteiger partial charge in [0.05, 0.1) is 9.21 Å². The summed E-state index contributed by atoms with van der Waals surface area (Å²) in [4.78, 5) is 29.3. The van der Waals surface area contributed by atoms with Crippen molar-refractivity contribution < 1.29 is 9.59 Å². The lowest BCUT2D eigenvalue weighted by Gasteiger charge is -2.28. The van der Waals surface area contributed by atoms with Crippen LogP contribution in [0.2, 0.25) is 4.34 Å². The molecule has 0 bridgehead atoms. The van der Waals surface area contributed by atoms with Gasteiger partial charge in [-0.1, -0.05) is 17.7 Å². The summed E-state index contributed by atoms with van der Waals surface area (Å²) in [5, 5.41) is 4.97. The molecule has 0 atom stereocenters. The molecule has 0 fully saturated rings. The van der Waals surface area contributed by atoms with Crippen LogP contribution in [0.5, 0.6) is 0 Å². The molecule has 4 nitrogen and oxygen atoms in total. The second-order valence-electron chi connectivity index (χ2n) is 6.38. The predicted octanol–water partition coefficient (Wildman–Crippen LogP) is 5.22. The molecule has 3 aromatic rings. The molecule has 27 heavy (non-hydrogen) atoms. The Morgan fingerprint density at radius 3 is 2.81 bits per heavy atom. The van der Waals surface area contributed by atoms with Crippen LogP contribution in [0.3, 0.4) is 0 Å². The average molecular weight is 417 g/mol. The zero-order chi connectivity index (χ0) is 19.0. The maximum absolute atomic E-state index is 13.1. The van der Waals surface area contributed by atoms with Gasteiger partial charge in [-0.3, -0.25) is 9.59 Å². The van der Waals surface area contributed by atoms with Crippen molar-refractivity contribution in [3.8, 4) is 0 Å². The standard InChI is InChI=1S/C20H17ClN2O2S2/c1-12-14(20(25)23-9-7-16-13(11-23)8-10-26-16)3-2-4-15(12)22-19(24)17-5-6-18(21)27-17/h2-6,8,10H,7,9,11H2,1H3,(H,22,24). The highest BCUT2D eigenvalue weighted by Crippen LogP contribution is 2.28. The molecule has 138 valence electrons. The Kier molecular flexibility index (Phi) is 5.04. The van der Waals surface area contributed by atoms with Gasteiger partial charge >= 0.3 is 0 Å². The molecule has 0 spiro atoms. The van der Waals surface area contributed by atoms with Gasteiger partial charge in [0.1, 0.15) is 0 Å². The third kappa shape index (κ3) is 3.65. The number of thiophene rings is 2. The minimum Gasteiger partial charge on any atom is -0.334 e.